The molecule has 0 radical (unpaired) electrons. The Bertz CT molecular complexity index is 741. The van der Waals surface area contributed by atoms with Crippen LogP contribution in [0, 0.1) is 5.92 Å². The molecule has 2 fully saturated rings. The van der Waals surface area contributed by atoms with Gasteiger partial charge in [-0.1, -0.05) is 43.4 Å². The summed E-state index contributed by atoms with van der Waals surface area (Å²) in [5.41, 5.74) is 0.656. The van der Waals surface area contributed by atoms with Gasteiger partial charge in [-0.3, -0.25) is 19.7 Å². The summed E-state index contributed by atoms with van der Waals surface area (Å²) in [7, 11) is 0. The van der Waals surface area contributed by atoms with E-state index in [1.54, 1.807) is 24.3 Å². The second-order valence-electron chi connectivity index (χ2n) is 6.21. The molecule has 0 aromatic heterocycles. The van der Waals surface area contributed by atoms with Gasteiger partial charge in [0.2, 0.25) is 0 Å². The van der Waals surface area contributed by atoms with Crippen molar-refractivity contribution >= 4 is 46.6 Å². The van der Waals surface area contributed by atoms with Crippen LogP contribution in [-0.2, 0) is 9.59 Å². The van der Waals surface area contributed by atoms with E-state index in [4.69, 9.17) is 16.3 Å². The molecule has 7 heteroatoms. The number of esters is 1. The highest BCUT2D eigenvalue weighted by molar-refractivity contribution is 8.18. The monoisotopic (exact) mass is 379 g/mol. The maximum atomic E-state index is 12.0. The van der Waals surface area contributed by atoms with Crippen LogP contribution in [0.25, 0.3) is 6.08 Å². The third-order valence-electron chi connectivity index (χ3n) is 4.35. The fraction of sp³-hybridized carbons (Fsp3) is 0.389. The van der Waals surface area contributed by atoms with E-state index < -0.39 is 11.1 Å². The zero-order valence-corrected chi connectivity index (χ0v) is 15.1. The second-order valence-corrected chi connectivity index (χ2v) is 7.63. The van der Waals surface area contributed by atoms with Crippen LogP contribution in [-0.4, -0.2) is 17.1 Å². The number of carbonyl (C=O) groups is 3. The summed E-state index contributed by atoms with van der Waals surface area (Å²) in [4.78, 5) is 35.0. The van der Waals surface area contributed by atoms with Gasteiger partial charge in [-0.15, -0.1) is 0 Å². The molecular formula is C18H18ClNO4S. The van der Waals surface area contributed by atoms with Crippen molar-refractivity contribution in [3.8, 4) is 5.75 Å². The molecule has 1 aliphatic heterocycles. The highest BCUT2D eigenvalue weighted by atomic mass is 35.5. The van der Waals surface area contributed by atoms with Gasteiger partial charge in [0, 0.05) is 6.42 Å². The number of halogens is 1. The number of benzene rings is 1. The smallest absolute Gasteiger partial charge is 0.311 e. The van der Waals surface area contributed by atoms with Crippen LogP contribution >= 0.6 is 23.4 Å². The molecule has 0 bridgehead atoms. The van der Waals surface area contributed by atoms with E-state index in [9.17, 15) is 14.4 Å². The van der Waals surface area contributed by atoms with E-state index in [0.717, 1.165) is 18.2 Å². The lowest BCUT2D eigenvalue weighted by Crippen LogP contribution is -2.17. The Labute approximate surface area is 155 Å². The largest absolute Gasteiger partial charge is 0.425 e. The molecule has 25 heavy (non-hydrogen) atoms. The van der Waals surface area contributed by atoms with E-state index in [-0.39, 0.29) is 5.97 Å². The Morgan fingerprint density at radius 1 is 1.32 bits per heavy atom. The van der Waals surface area contributed by atoms with E-state index in [1.807, 2.05) is 0 Å². The van der Waals surface area contributed by atoms with Crippen LogP contribution in [0.2, 0.25) is 5.02 Å². The van der Waals surface area contributed by atoms with E-state index >= 15 is 0 Å². The molecule has 0 spiro atoms. The van der Waals surface area contributed by atoms with Gasteiger partial charge in [0.15, 0.2) is 0 Å². The minimum absolute atomic E-state index is 0.281. The van der Waals surface area contributed by atoms with Crippen LogP contribution in [0.3, 0.4) is 0 Å². The maximum absolute atomic E-state index is 12.0. The molecule has 1 aromatic carbocycles. The van der Waals surface area contributed by atoms with Gasteiger partial charge in [0.25, 0.3) is 11.1 Å². The summed E-state index contributed by atoms with van der Waals surface area (Å²) in [6, 6.07) is 4.89. The number of hydrogen-bond acceptors (Lipinski definition) is 5. The van der Waals surface area contributed by atoms with Crippen molar-refractivity contribution < 1.29 is 19.1 Å². The third-order valence-corrected chi connectivity index (χ3v) is 5.46. The van der Waals surface area contributed by atoms with Crippen LogP contribution in [0.15, 0.2) is 23.1 Å². The number of nitrogens with one attached hydrogen (secondary N) is 1. The summed E-state index contributed by atoms with van der Waals surface area (Å²) in [6.07, 6.45) is 7.74. The van der Waals surface area contributed by atoms with Gasteiger partial charge in [-0.25, -0.2) is 0 Å². The van der Waals surface area contributed by atoms with E-state index in [0.29, 0.717) is 33.6 Å². The molecule has 1 aliphatic carbocycles. The topological polar surface area (TPSA) is 72.5 Å². The normalized spacial score (nSPS) is 19.5. The lowest BCUT2D eigenvalue weighted by atomic mass is 10.0. The summed E-state index contributed by atoms with van der Waals surface area (Å²) >= 11 is 7.01. The van der Waals surface area contributed by atoms with Crippen LogP contribution in [0.5, 0.6) is 5.75 Å². The second kappa shape index (κ2) is 8.06. The van der Waals surface area contributed by atoms with Gasteiger partial charge in [-0.2, -0.15) is 0 Å². The number of hydrogen-bond donors (Lipinski definition) is 1. The van der Waals surface area contributed by atoms with Crippen molar-refractivity contribution in [3.63, 3.8) is 0 Å². The minimum Gasteiger partial charge on any atom is -0.425 e. The molecule has 0 atom stereocenters. The zero-order chi connectivity index (χ0) is 17.8. The first kappa shape index (κ1) is 18.0. The van der Waals surface area contributed by atoms with Gasteiger partial charge < -0.3 is 4.74 Å². The van der Waals surface area contributed by atoms with Crippen molar-refractivity contribution in [3.05, 3.63) is 33.7 Å². The Hall–Kier alpha value is -1.79. The quantitative estimate of drug-likeness (QED) is 0.462. The SMILES string of the molecule is O=C(CCC1CCCC1)Oc1ccc(/C=C2\SC(=O)NC2=O)cc1Cl. The number of carbonyl (C=O) groups excluding carboxylic acids is 3. The Kier molecular flexibility index (Phi) is 5.81. The standard InChI is InChI=1S/C18H18ClNO4S/c19-13-9-12(10-15-17(22)20-18(23)25-15)5-7-14(13)24-16(21)8-6-11-3-1-2-4-11/h5,7,9-11H,1-4,6,8H2,(H,20,22,23)/b15-10-. The van der Waals surface area contributed by atoms with Crippen molar-refractivity contribution in [2.75, 3.05) is 0 Å². The van der Waals surface area contributed by atoms with Crippen LogP contribution in [0.1, 0.15) is 44.1 Å². The molecule has 3 rings (SSSR count). The van der Waals surface area contributed by atoms with Crippen LogP contribution in [0.4, 0.5) is 4.79 Å². The van der Waals surface area contributed by atoms with Crippen molar-refractivity contribution in [1.29, 1.82) is 0 Å². The molecule has 1 saturated carbocycles. The van der Waals surface area contributed by atoms with Crippen molar-refractivity contribution in [2.45, 2.75) is 38.5 Å². The third kappa shape index (κ3) is 4.86. The number of rotatable bonds is 5. The fourth-order valence-corrected chi connectivity index (χ4v) is 3.97. The summed E-state index contributed by atoms with van der Waals surface area (Å²) in [6.45, 7) is 0. The Morgan fingerprint density at radius 2 is 2.08 bits per heavy atom. The maximum Gasteiger partial charge on any atom is 0.311 e. The molecule has 1 saturated heterocycles. The first-order valence-electron chi connectivity index (χ1n) is 8.26. The number of imide groups is 1. The summed E-state index contributed by atoms with van der Waals surface area (Å²) < 4.78 is 5.34. The fourth-order valence-electron chi connectivity index (χ4n) is 3.06. The van der Waals surface area contributed by atoms with Crippen molar-refractivity contribution in [2.24, 2.45) is 5.92 Å². The summed E-state index contributed by atoms with van der Waals surface area (Å²) in [5, 5.41) is 2.09. The number of amides is 2. The Balaban J connectivity index is 1.59. The van der Waals surface area contributed by atoms with Crippen LogP contribution < -0.4 is 10.1 Å². The molecule has 5 nitrogen and oxygen atoms in total. The van der Waals surface area contributed by atoms with Crippen molar-refractivity contribution in [1.82, 2.24) is 5.32 Å². The van der Waals surface area contributed by atoms with Gasteiger partial charge in [-0.05, 0) is 47.9 Å². The van der Waals surface area contributed by atoms with E-state index in [2.05, 4.69) is 5.32 Å². The lowest BCUT2D eigenvalue weighted by molar-refractivity contribution is -0.134. The summed E-state index contributed by atoms with van der Waals surface area (Å²) in [5.74, 6) is 0.236. The van der Waals surface area contributed by atoms with E-state index in [1.165, 1.54) is 25.7 Å². The van der Waals surface area contributed by atoms with Gasteiger partial charge in [0.1, 0.15) is 5.75 Å². The van der Waals surface area contributed by atoms with Gasteiger partial charge >= 0.3 is 5.97 Å². The predicted octanol–water partition coefficient (Wildman–Crippen LogP) is 4.54. The average molecular weight is 380 g/mol. The average Bonchev–Trinajstić information content (AvgIpc) is 3.18. The molecule has 1 N–H and O–H groups in total. The molecular weight excluding hydrogens is 362 g/mol. The highest BCUT2D eigenvalue weighted by Gasteiger charge is 2.25. The van der Waals surface area contributed by atoms with Gasteiger partial charge in [0.05, 0.1) is 9.93 Å². The molecule has 0 unspecified atom stereocenters. The minimum atomic E-state index is -0.423. The number of ether oxygens (including phenoxy) is 1. The lowest BCUT2D eigenvalue weighted by Gasteiger charge is -2.09. The first-order chi connectivity index (χ1) is 12.0. The zero-order valence-electron chi connectivity index (χ0n) is 13.5. The predicted molar refractivity (Wildman–Crippen MR) is 97.4 cm³/mol. The highest BCUT2D eigenvalue weighted by Crippen LogP contribution is 2.31. The number of thioether (sulfide) groups is 1. The molecule has 2 amide bonds. The first-order valence-corrected chi connectivity index (χ1v) is 9.46. The molecule has 1 heterocycles. The molecule has 2 aliphatic rings. The molecule has 132 valence electrons. The Morgan fingerprint density at radius 3 is 2.72 bits per heavy atom. The molecule has 1 aromatic rings.